The molecule has 0 bridgehead atoms. The number of carboxylic acids is 1. The summed E-state index contributed by atoms with van der Waals surface area (Å²) in [6.07, 6.45) is 8.65. The van der Waals surface area contributed by atoms with E-state index in [-0.39, 0.29) is 0 Å². The first-order valence-electron chi connectivity index (χ1n) is 11.7. The van der Waals surface area contributed by atoms with E-state index in [0.717, 1.165) is 57.4 Å². The SMILES string of the molecule is COc1cc(/C=N/Nc2nc(N3CCCCC3)nc(N3CCCCC3)n2)ccc1OCC(=O)O. The van der Waals surface area contributed by atoms with Crippen LogP contribution in [0, 0.1) is 0 Å². The summed E-state index contributed by atoms with van der Waals surface area (Å²) in [6.45, 7) is 3.35. The zero-order valence-electron chi connectivity index (χ0n) is 19.4. The predicted octanol–water partition coefficient (Wildman–Crippen LogP) is 2.77. The molecule has 0 amide bonds. The van der Waals surface area contributed by atoms with Crippen LogP contribution in [0.25, 0.3) is 0 Å². The van der Waals surface area contributed by atoms with Crippen LogP contribution in [-0.2, 0) is 4.79 Å². The van der Waals surface area contributed by atoms with Crippen molar-refractivity contribution in [2.24, 2.45) is 5.10 Å². The van der Waals surface area contributed by atoms with Crippen molar-refractivity contribution in [3.8, 4) is 11.5 Å². The number of hydrogen-bond donors (Lipinski definition) is 2. The lowest BCUT2D eigenvalue weighted by Crippen LogP contribution is -2.34. The minimum Gasteiger partial charge on any atom is -0.493 e. The third-order valence-electron chi connectivity index (χ3n) is 5.81. The highest BCUT2D eigenvalue weighted by atomic mass is 16.5. The van der Waals surface area contributed by atoms with E-state index in [4.69, 9.17) is 19.6 Å². The number of hydrogen-bond acceptors (Lipinski definition) is 10. The van der Waals surface area contributed by atoms with Crippen molar-refractivity contribution in [3.05, 3.63) is 23.8 Å². The molecule has 11 nitrogen and oxygen atoms in total. The molecule has 2 aliphatic rings. The number of benzene rings is 1. The summed E-state index contributed by atoms with van der Waals surface area (Å²) in [5, 5.41) is 13.1. The maximum atomic E-state index is 10.7. The van der Waals surface area contributed by atoms with Crippen LogP contribution in [0.15, 0.2) is 23.3 Å². The summed E-state index contributed by atoms with van der Waals surface area (Å²) in [4.78, 5) is 29.2. The van der Waals surface area contributed by atoms with Gasteiger partial charge in [-0.25, -0.2) is 10.2 Å². The Hall–Kier alpha value is -3.63. The maximum Gasteiger partial charge on any atom is 0.341 e. The average molecular weight is 470 g/mol. The van der Waals surface area contributed by atoms with Crippen molar-refractivity contribution < 1.29 is 19.4 Å². The second-order valence-corrected chi connectivity index (χ2v) is 8.32. The number of anilines is 3. The summed E-state index contributed by atoms with van der Waals surface area (Å²) < 4.78 is 10.5. The van der Waals surface area contributed by atoms with Gasteiger partial charge in [0.25, 0.3) is 0 Å². The van der Waals surface area contributed by atoms with E-state index in [0.29, 0.717) is 29.3 Å². The molecule has 0 radical (unpaired) electrons. The van der Waals surface area contributed by atoms with Crippen LogP contribution in [0.2, 0.25) is 0 Å². The third kappa shape index (κ3) is 6.24. The number of piperidine rings is 2. The fourth-order valence-electron chi connectivity index (χ4n) is 4.06. The van der Waals surface area contributed by atoms with E-state index in [1.807, 2.05) is 0 Å². The molecule has 0 unspecified atom stereocenters. The predicted molar refractivity (Wildman–Crippen MR) is 129 cm³/mol. The molecule has 1 aromatic carbocycles. The van der Waals surface area contributed by atoms with Gasteiger partial charge in [-0.1, -0.05) is 0 Å². The van der Waals surface area contributed by atoms with Gasteiger partial charge < -0.3 is 24.4 Å². The average Bonchev–Trinajstić information content (AvgIpc) is 2.88. The smallest absolute Gasteiger partial charge is 0.341 e. The molecule has 34 heavy (non-hydrogen) atoms. The van der Waals surface area contributed by atoms with Gasteiger partial charge in [-0.15, -0.1) is 0 Å². The van der Waals surface area contributed by atoms with Crippen molar-refractivity contribution in [1.29, 1.82) is 0 Å². The van der Waals surface area contributed by atoms with Crippen molar-refractivity contribution in [2.45, 2.75) is 38.5 Å². The Morgan fingerprint density at radius 1 is 1.00 bits per heavy atom. The Morgan fingerprint density at radius 3 is 2.18 bits per heavy atom. The van der Waals surface area contributed by atoms with Gasteiger partial charge in [-0.05, 0) is 62.3 Å². The first-order chi connectivity index (χ1) is 16.6. The molecule has 2 N–H and O–H groups in total. The molecule has 182 valence electrons. The molecule has 0 atom stereocenters. The zero-order valence-corrected chi connectivity index (χ0v) is 19.4. The molecule has 0 spiro atoms. The Kier molecular flexibility index (Phi) is 7.95. The van der Waals surface area contributed by atoms with Gasteiger partial charge in [0.2, 0.25) is 17.8 Å². The summed E-state index contributed by atoms with van der Waals surface area (Å²) in [6, 6.07) is 5.12. The normalized spacial score (nSPS) is 16.5. The number of nitrogens with one attached hydrogen (secondary N) is 1. The number of rotatable bonds is 9. The lowest BCUT2D eigenvalue weighted by Gasteiger charge is -2.30. The van der Waals surface area contributed by atoms with E-state index < -0.39 is 12.6 Å². The van der Waals surface area contributed by atoms with Crippen molar-refractivity contribution in [2.75, 3.05) is 55.1 Å². The van der Waals surface area contributed by atoms with Crippen molar-refractivity contribution >= 4 is 30.0 Å². The Morgan fingerprint density at radius 2 is 1.62 bits per heavy atom. The van der Waals surface area contributed by atoms with E-state index in [2.05, 4.69) is 30.3 Å². The number of hydrazone groups is 1. The van der Waals surface area contributed by atoms with Gasteiger partial charge in [0.05, 0.1) is 13.3 Å². The fraction of sp³-hybridized carbons (Fsp3) is 0.522. The van der Waals surface area contributed by atoms with Crippen LogP contribution >= 0.6 is 0 Å². The molecule has 1 aromatic heterocycles. The van der Waals surface area contributed by atoms with Crippen molar-refractivity contribution in [1.82, 2.24) is 15.0 Å². The second kappa shape index (κ2) is 11.5. The first-order valence-corrected chi connectivity index (χ1v) is 11.7. The Balaban J connectivity index is 1.50. The van der Waals surface area contributed by atoms with Gasteiger partial charge in [0.1, 0.15) is 0 Å². The quantitative estimate of drug-likeness (QED) is 0.418. The molecule has 3 heterocycles. The van der Waals surface area contributed by atoms with E-state index in [1.54, 1.807) is 24.4 Å². The van der Waals surface area contributed by atoms with Gasteiger partial charge in [0, 0.05) is 26.2 Å². The Labute approximate surface area is 198 Å². The van der Waals surface area contributed by atoms with Gasteiger partial charge in [-0.2, -0.15) is 20.1 Å². The third-order valence-corrected chi connectivity index (χ3v) is 5.81. The number of nitrogens with zero attached hydrogens (tertiary/aromatic N) is 6. The molecule has 4 rings (SSSR count). The summed E-state index contributed by atoms with van der Waals surface area (Å²) >= 11 is 0. The van der Waals surface area contributed by atoms with Crippen LogP contribution in [-0.4, -0.2) is 72.1 Å². The van der Waals surface area contributed by atoms with Crippen molar-refractivity contribution in [3.63, 3.8) is 0 Å². The Bertz CT molecular complexity index is 969. The zero-order chi connectivity index (χ0) is 23.8. The van der Waals surface area contributed by atoms with E-state index in [9.17, 15) is 4.79 Å². The van der Waals surface area contributed by atoms with Crippen LogP contribution in [0.3, 0.4) is 0 Å². The number of ether oxygens (including phenoxy) is 2. The van der Waals surface area contributed by atoms with Gasteiger partial charge >= 0.3 is 5.97 Å². The molecule has 2 fully saturated rings. The lowest BCUT2D eigenvalue weighted by atomic mass is 10.1. The molecule has 2 saturated heterocycles. The van der Waals surface area contributed by atoms with Gasteiger partial charge in [-0.3, -0.25) is 0 Å². The number of aromatic nitrogens is 3. The van der Waals surface area contributed by atoms with Crippen LogP contribution < -0.4 is 24.7 Å². The number of aliphatic carboxylic acids is 1. The highest BCUT2D eigenvalue weighted by molar-refractivity contribution is 5.81. The van der Waals surface area contributed by atoms with Gasteiger partial charge in [0.15, 0.2) is 18.1 Å². The minimum atomic E-state index is -1.05. The molecular weight excluding hydrogens is 438 g/mol. The van der Waals surface area contributed by atoms with Crippen LogP contribution in [0.5, 0.6) is 11.5 Å². The highest BCUT2D eigenvalue weighted by Crippen LogP contribution is 2.27. The second-order valence-electron chi connectivity index (χ2n) is 8.32. The largest absolute Gasteiger partial charge is 0.493 e. The molecule has 2 aromatic rings. The molecular formula is C23H31N7O4. The summed E-state index contributed by atoms with van der Waals surface area (Å²) in [5.41, 5.74) is 3.69. The minimum absolute atomic E-state index is 0.352. The molecule has 11 heteroatoms. The molecule has 0 saturated carbocycles. The molecule has 2 aliphatic heterocycles. The lowest BCUT2D eigenvalue weighted by molar-refractivity contribution is -0.139. The van der Waals surface area contributed by atoms with E-state index in [1.165, 1.54) is 20.0 Å². The molecule has 0 aliphatic carbocycles. The number of methoxy groups -OCH3 is 1. The standard InChI is InChI=1S/C23H31N7O4/c1-33-19-14-17(8-9-18(19)34-16-20(31)32)15-24-28-21-25-22(29-10-4-2-5-11-29)27-23(26-21)30-12-6-3-7-13-30/h8-9,14-15H,2-7,10-13,16H2,1H3,(H,31,32)(H,25,26,27,28)/b24-15+. The van der Waals surface area contributed by atoms with Crippen LogP contribution in [0.1, 0.15) is 44.1 Å². The maximum absolute atomic E-state index is 10.7. The monoisotopic (exact) mass is 469 g/mol. The topological polar surface area (TPSA) is 125 Å². The summed E-state index contributed by atoms with van der Waals surface area (Å²) in [5.74, 6) is 1.50. The number of carboxylic acid groups (broad SMARTS) is 1. The number of carbonyl (C=O) groups is 1. The van der Waals surface area contributed by atoms with Crippen LogP contribution in [0.4, 0.5) is 17.8 Å². The summed E-state index contributed by atoms with van der Waals surface area (Å²) in [7, 11) is 1.50. The van der Waals surface area contributed by atoms with E-state index >= 15 is 0 Å². The first kappa shape index (κ1) is 23.5. The fourth-order valence-corrected chi connectivity index (χ4v) is 4.06. The highest BCUT2D eigenvalue weighted by Gasteiger charge is 2.20.